The fraction of sp³-hybridized carbons (Fsp3) is 0.529. The van der Waals surface area contributed by atoms with Gasteiger partial charge in [-0.25, -0.2) is 0 Å². The van der Waals surface area contributed by atoms with Crippen molar-refractivity contribution in [3.8, 4) is 5.75 Å². The highest BCUT2D eigenvalue weighted by atomic mass is 16.5. The van der Waals surface area contributed by atoms with Gasteiger partial charge < -0.3 is 14.6 Å². The Morgan fingerprint density at radius 3 is 2.60 bits per heavy atom. The predicted octanol–water partition coefficient (Wildman–Crippen LogP) is 3.82. The molecule has 1 heterocycles. The summed E-state index contributed by atoms with van der Waals surface area (Å²) in [6.07, 6.45) is 2.36. The van der Waals surface area contributed by atoms with Crippen molar-refractivity contribution in [2.45, 2.75) is 52.8 Å². The standard InChI is InChI=1S/C17H26N2O/c1-13(2)20-15-6-7-16-14(12-15)8-10-19(16)11-9-18-17(3,4)5/h6-8,10,12-13,18H,9,11H2,1-5H3. The molecule has 110 valence electrons. The van der Waals surface area contributed by atoms with Gasteiger partial charge in [-0.1, -0.05) is 0 Å². The van der Waals surface area contributed by atoms with Crippen molar-refractivity contribution in [3.63, 3.8) is 0 Å². The van der Waals surface area contributed by atoms with Crippen LogP contribution in [0, 0.1) is 0 Å². The SMILES string of the molecule is CC(C)Oc1ccc2c(ccn2CCNC(C)(C)C)c1. The Labute approximate surface area is 121 Å². The molecule has 0 aliphatic heterocycles. The van der Waals surface area contributed by atoms with Gasteiger partial charge in [0.05, 0.1) is 6.10 Å². The van der Waals surface area contributed by atoms with Crippen LogP contribution in [0.15, 0.2) is 30.5 Å². The van der Waals surface area contributed by atoms with Crippen LogP contribution >= 0.6 is 0 Å². The van der Waals surface area contributed by atoms with Gasteiger partial charge >= 0.3 is 0 Å². The van der Waals surface area contributed by atoms with Gasteiger partial charge in [0.1, 0.15) is 5.75 Å². The van der Waals surface area contributed by atoms with Gasteiger partial charge in [-0.15, -0.1) is 0 Å². The summed E-state index contributed by atoms with van der Waals surface area (Å²) in [6, 6.07) is 8.46. The van der Waals surface area contributed by atoms with Gasteiger partial charge in [-0.2, -0.15) is 0 Å². The van der Waals surface area contributed by atoms with E-state index in [0.29, 0.717) is 0 Å². The molecular formula is C17H26N2O. The molecule has 1 aromatic carbocycles. The molecule has 0 radical (unpaired) electrons. The topological polar surface area (TPSA) is 26.2 Å². The van der Waals surface area contributed by atoms with Gasteiger partial charge in [0.25, 0.3) is 0 Å². The van der Waals surface area contributed by atoms with E-state index in [1.54, 1.807) is 0 Å². The molecule has 0 saturated heterocycles. The maximum Gasteiger partial charge on any atom is 0.120 e. The first-order valence-electron chi connectivity index (χ1n) is 7.36. The normalized spacial score (nSPS) is 12.3. The molecule has 3 nitrogen and oxygen atoms in total. The third-order valence-corrected chi connectivity index (χ3v) is 3.12. The molecule has 0 aliphatic rings. The highest BCUT2D eigenvalue weighted by molar-refractivity contribution is 5.81. The van der Waals surface area contributed by atoms with Crippen molar-refractivity contribution < 1.29 is 4.74 Å². The summed E-state index contributed by atoms with van der Waals surface area (Å²) >= 11 is 0. The van der Waals surface area contributed by atoms with Crippen molar-refractivity contribution in [2.75, 3.05) is 6.54 Å². The number of hydrogen-bond acceptors (Lipinski definition) is 2. The summed E-state index contributed by atoms with van der Waals surface area (Å²) in [4.78, 5) is 0. The second-order valence-corrected chi connectivity index (χ2v) is 6.57. The quantitative estimate of drug-likeness (QED) is 0.897. The van der Waals surface area contributed by atoms with E-state index in [1.165, 1.54) is 10.9 Å². The molecule has 0 atom stereocenters. The molecule has 3 heteroatoms. The lowest BCUT2D eigenvalue weighted by atomic mass is 10.1. The summed E-state index contributed by atoms with van der Waals surface area (Å²) in [7, 11) is 0. The molecule has 1 N–H and O–H groups in total. The van der Waals surface area contributed by atoms with Crippen molar-refractivity contribution in [2.24, 2.45) is 0 Å². The van der Waals surface area contributed by atoms with Gasteiger partial charge in [0, 0.05) is 35.7 Å². The van der Waals surface area contributed by atoms with E-state index in [0.717, 1.165) is 18.8 Å². The van der Waals surface area contributed by atoms with Crippen LogP contribution in [-0.4, -0.2) is 22.8 Å². The molecule has 0 saturated carbocycles. The Morgan fingerprint density at radius 1 is 1.20 bits per heavy atom. The van der Waals surface area contributed by atoms with Gasteiger partial charge in [0.15, 0.2) is 0 Å². The second kappa shape index (κ2) is 5.88. The molecule has 20 heavy (non-hydrogen) atoms. The molecule has 0 fully saturated rings. The zero-order chi connectivity index (χ0) is 14.8. The third kappa shape index (κ3) is 4.01. The average molecular weight is 274 g/mol. The van der Waals surface area contributed by atoms with Crippen LogP contribution in [0.3, 0.4) is 0 Å². The maximum absolute atomic E-state index is 5.74. The number of ether oxygens (including phenoxy) is 1. The number of rotatable bonds is 5. The third-order valence-electron chi connectivity index (χ3n) is 3.12. The van der Waals surface area contributed by atoms with E-state index in [-0.39, 0.29) is 11.6 Å². The Morgan fingerprint density at radius 2 is 1.95 bits per heavy atom. The smallest absolute Gasteiger partial charge is 0.120 e. The van der Waals surface area contributed by atoms with Crippen LogP contribution in [-0.2, 0) is 6.54 Å². The predicted molar refractivity (Wildman–Crippen MR) is 85.5 cm³/mol. The molecular weight excluding hydrogens is 248 g/mol. The van der Waals surface area contributed by atoms with Crippen LogP contribution in [0.2, 0.25) is 0 Å². The molecule has 2 rings (SSSR count). The molecule has 0 amide bonds. The van der Waals surface area contributed by atoms with Gasteiger partial charge in [-0.3, -0.25) is 0 Å². The van der Waals surface area contributed by atoms with E-state index in [4.69, 9.17) is 4.74 Å². The van der Waals surface area contributed by atoms with Crippen molar-refractivity contribution in [1.29, 1.82) is 0 Å². The number of benzene rings is 1. The van der Waals surface area contributed by atoms with Crippen molar-refractivity contribution in [1.82, 2.24) is 9.88 Å². The zero-order valence-electron chi connectivity index (χ0n) is 13.2. The summed E-state index contributed by atoms with van der Waals surface area (Å²) < 4.78 is 8.02. The molecule has 0 unspecified atom stereocenters. The number of hydrogen-bond donors (Lipinski definition) is 1. The summed E-state index contributed by atoms with van der Waals surface area (Å²) in [5.41, 5.74) is 1.43. The number of fused-ring (bicyclic) bond motifs is 1. The van der Waals surface area contributed by atoms with Crippen LogP contribution in [0.25, 0.3) is 10.9 Å². The first-order chi connectivity index (χ1) is 9.35. The van der Waals surface area contributed by atoms with E-state index in [1.807, 2.05) is 13.8 Å². The van der Waals surface area contributed by atoms with E-state index in [2.05, 4.69) is 61.1 Å². The summed E-state index contributed by atoms with van der Waals surface area (Å²) in [5, 5.41) is 4.75. The molecule has 0 spiro atoms. The molecule has 0 aliphatic carbocycles. The van der Waals surface area contributed by atoms with Crippen molar-refractivity contribution in [3.05, 3.63) is 30.5 Å². The largest absolute Gasteiger partial charge is 0.491 e. The van der Waals surface area contributed by atoms with E-state index in [9.17, 15) is 0 Å². The average Bonchev–Trinajstić information content (AvgIpc) is 2.69. The van der Waals surface area contributed by atoms with Crippen LogP contribution in [0.4, 0.5) is 0 Å². The second-order valence-electron chi connectivity index (χ2n) is 6.57. The molecule has 2 aromatic rings. The van der Waals surface area contributed by atoms with E-state index >= 15 is 0 Å². The highest BCUT2D eigenvalue weighted by Gasteiger charge is 2.08. The minimum absolute atomic E-state index is 0.168. The minimum Gasteiger partial charge on any atom is -0.491 e. The van der Waals surface area contributed by atoms with Crippen LogP contribution in [0.5, 0.6) is 5.75 Å². The van der Waals surface area contributed by atoms with Crippen LogP contribution < -0.4 is 10.1 Å². The first-order valence-corrected chi connectivity index (χ1v) is 7.36. The minimum atomic E-state index is 0.168. The van der Waals surface area contributed by atoms with Crippen molar-refractivity contribution >= 4 is 10.9 Å². The lowest BCUT2D eigenvalue weighted by Crippen LogP contribution is -2.37. The van der Waals surface area contributed by atoms with E-state index < -0.39 is 0 Å². The fourth-order valence-corrected chi connectivity index (χ4v) is 2.27. The lowest BCUT2D eigenvalue weighted by molar-refractivity contribution is 0.243. The number of nitrogens with zero attached hydrogens (tertiary/aromatic N) is 1. The lowest BCUT2D eigenvalue weighted by Gasteiger charge is -2.20. The van der Waals surface area contributed by atoms with Crippen LogP contribution in [0.1, 0.15) is 34.6 Å². The monoisotopic (exact) mass is 274 g/mol. The molecule has 1 aromatic heterocycles. The zero-order valence-corrected chi connectivity index (χ0v) is 13.2. The Balaban J connectivity index is 2.08. The molecule has 0 bridgehead atoms. The first kappa shape index (κ1) is 14.9. The fourth-order valence-electron chi connectivity index (χ4n) is 2.27. The maximum atomic E-state index is 5.74. The van der Waals surface area contributed by atoms with Gasteiger partial charge in [0.2, 0.25) is 0 Å². The number of nitrogens with one attached hydrogen (secondary N) is 1. The number of aromatic nitrogens is 1. The Kier molecular flexibility index (Phi) is 4.39. The highest BCUT2D eigenvalue weighted by Crippen LogP contribution is 2.22. The summed E-state index contributed by atoms with van der Waals surface area (Å²) in [6.45, 7) is 12.6. The summed E-state index contributed by atoms with van der Waals surface area (Å²) in [5.74, 6) is 0.943. The Hall–Kier alpha value is -1.48. The van der Waals surface area contributed by atoms with Gasteiger partial charge in [-0.05, 0) is 58.9 Å². The Bertz CT molecular complexity index is 564.